The predicted molar refractivity (Wildman–Crippen MR) is 72.3 cm³/mol. The SMILES string of the molecule is Cc1c(C#N)cc(-c2ccc3c(c2)CCC3)n1C. The molecule has 0 saturated heterocycles. The lowest BCUT2D eigenvalue weighted by Gasteiger charge is -2.07. The van der Waals surface area contributed by atoms with E-state index in [9.17, 15) is 0 Å². The molecule has 2 aromatic rings. The fourth-order valence-electron chi connectivity index (χ4n) is 2.82. The van der Waals surface area contributed by atoms with E-state index in [2.05, 4.69) is 28.8 Å². The Balaban J connectivity index is 2.13. The van der Waals surface area contributed by atoms with Crippen molar-refractivity contribution >= 4 is 0 Å². The molecule has 0 unspecified atom stereocenters. The van der Waals surface area contributed by atoms with Crippen molar-refractivity contribution in [1.82, 2.24) is 4.57 Å². The van der Waals surface area contributed by atoms with E-state index < -0.39 is 0 Å². The van der Waals surface area contributed by atoms with Crippen LogP contribution in [-0.2, 0) is 19.9 Å². The molecule has 0 aliphatic heterocycles. The zero-order valence-corrected chi connectivity index (χ0v) is 10.8. The predicted octanol–water partition coefficient (Wildman–Crippen LogP) is 3.36. The molecule has 1 aromatic carbocycles. The lowest BCUT2D eigenvalue weighted by molar-refractivity contribution is 0.888. The van der Waals surface area contributed by atoms with Crippen molar-refractivity contribution in [3.63, 3.8) is 0 Å². The highest BCUT2D eigenvalue weighted by molar-refractivity contribution is 5.65. The van der Waals surface area contributed by atoms with Crippen LogP contribution in [0, 0.1) is 18.3 Å². The molecular formula is C16H16N2. The fraction of sp³-hybridized carbons (Fsp3) is 0.312. The van der Waals surface area contributed by atoms with Gasteiger partial charge in [0.2, 0.25) is 0 Å². The van der Waals surface area contributed by atoms with E-state index in [1.807, 2.05) is 20.0 Å². The average Bonchev–Trinajstić information content (AvgIpc) is 2.95. The topological polar surface area (TPSA) is 28.7 Å². The highest BCUT2D eigenvalue weighted by Gasteiger charge is 2.14. The van der Waals surface area contributed by atoms with Gasteiger partial charge in [0, 0.05) is 18.4 Å². The third kappa shape index (κ3) is 1.55. The van der Waals surface area contributed by atoms with Crippen molar-refractivity contribution in [3.05, 3.63) is 46.6 Å². The summed E-state index contributed by atoms with van der Waals surface area (Å²) in [6, 6.07) is 11.0. The van der Waals surface area contributed by atoms with Crippen LogP contribution in [-0.4, -0.2) is 4.57 Å². The van der Waals surface area contributed by atoms with Crippen LogP contribution in [0.2, 0.25) is 0 Å². The van der Waals surface area contributed by atoms with Crippen LogP contribution in [0.25, 0.3) is 11.3 Å². The van der Waals surface area contributed by atoms with Gasteiger partial charge in [-0.15, -0.1) is 0 Å². The molecule has 0 amide bonds. The van der Waals surface area contributed by atoms with Crippen LogP contribution in [0.3, 0.4) is 0 Å². The molecule has 0 radical (unpaired) electrons. The van der Waals surface area contributed by atoms with Gasteiger partial charge >= 0.3 is 0 Å². The number of nitrogens with zero attached hydrogens (tertiary/aromatic N) is 2. The van der Waals surface area contributed by atoms with Gasteiger partial charge in [-0.3, -0.25) is 0 Å². The number of aromatic nitrogens is 1. The van der Waals surface area contributed by atoms with E-state index in [1.165, 1.54) is 36.0 Å². The molecule has 3 rings (SSSR count). The maximum atomic E-state index is 9.09. The summed E-state index contributed by atoms with van der Waals surface area (Å²) < 4.78 is 2.11. The molecule has 1 aliphatic carbocycles. The molecule has 0 saturated carbocycles. The highest BCUT2D eigenvalue weighted by Crippen LogP contribution is 2.29. The van der Waals surface area contributed by atoms with Gasteiger partial charge in [-0.05, 0) is 55.0 Å². The summed E-state index contributed by atoms with van der Waals surface area (Å²) in [6.45, 7) is 2.00. The normalized spacial score (nSPS) is 13.4. The number of nitriles is 1. The largest absolute Gasteiger partial charge is 0.347 e. The number of rotatable bonds is 1. The molecule has 0 fully saturated rings. The molecule has 0 N–H and O–H groups in total. The number of hydrogen-bond acceptors (Lipinski definition) is 1. The zero-order chi connectivity index (χ0) is 12.7. The minimum Gasteiger partial charge on any atom is -0.347 e. The molecular weight excluding hydrogens is 220 g/mol. The Labute approximate surface area is 107 Å². The molecule has 0 spiro atoms. The van der Waals surface area contributed by atoms with Gasteiger partial charge in [0.15, 0.2) is 0 Å². The van der Waals surface area contributed by atoms with E-state index in [0.717, 1.165) is 17.0 Å². The molecule has 0 atom stereocenters. The standard InChI is InChI=1S/C16H16N2/c1-11-15(10-17)9-16(18(11)2)14-7-6-12-4-3-5-13(12)8-14/h6-9H,3-5H2,1-2H3. The van der Waals surface area contributed by atoms with E-state index in [1.54, 1.807) is 0 Å². The summed E-state index contributed by atoms with van der Waals surface area (Å²) in [4.78, 5) is 0. The maximum absolute atomic E-state index is 9.09. The Kier molecular flexibility index (Phi) is 2.48. The van der Waals surface area contributed by atoms with Crippen LogP contribution in [0.5, 0.6) is 0 Å². The van der Waals surface area contributed by atoms with E-state index in [0.29, 0.717) is 0 Å². The summed E-state index contributed by atoms with van der Waals surface area (Å²) in [7, 11) is 2.03. The van der Waals surface area contributed by atoms with Crippen LogP contribution in [0.15, 0.2) is 24.3 Å². The Morgan fingerprint density at radius 1 is 1.17 bits per heavy atom. The minimum absolute atomic E-state index is 0.771. The zero-order valence-electron chi connectivity index (χ0n) is 10.8. The smallest absolute Gasteiger partial charge is 0.101 e. The summed E-state index contributed by atoms with van der Waals surface area (Å²) in [5.74, 6) is 0. The second kappa shape index (κ2) is 4.03. The molecule has 18 heavy (non-hydrogen) atoms. The van der Waals surface area contributed by atoms with Crippen molar-refractivity contribution < 1.29 is 0 Å². The van der Waals surface area contributed by atoms with Gasteiger partial charge in [0.05, 0.1) is 5.56 Å². The van der Waals surface area contributed by atoms with Gasteiger partial charge in [0.25, 0.3) is 0 Å². The highest BCUT2D eigenvalue weighted by atomic mass is 15.0. The third-order valence-electron chi connectivity index (χ3n) is 4.05. The second-order valence-electron chi connectivity index (χ2n) is 5.04. The minimum atomic E-state index is 0.771. The fourth-order valence-corrected chi connectivity index (χ4v) is 2.82. The van der Waals surface area contributed by atoms with Crippen LogP contribution in [0.4, 0.5) is 0 Å². The summed E-state index contributed by atoms with van der Waals surface area (Å²) in [5.41, 5.74) is 7.14. The molecule has 1 aliphatic rings. The molecule has 1 heterocycles. The number of fused-ring (bicyclic) bond motifs is 1. The first kappa shape index (κ1) is 11.1. The molecule has 90 valence electrons. The first-order valence-corrected chi connectivity index (χ1v) is 6.39. The first-order chi connectivity index (χ1) is 8.70. The lowest BCUT2D eigenvalue weighted by atomic mass is 10.0. The van der Waals surface area contributed by atoms with Gasteiger partial charge in [-0.2, -0.15) is 5.26 Å². The second-order valence-corrected chi connectivity index (χ2v) is 5.04. The Bertz CT molecular complexity index is 656. The van der Waals surface area contributed by atoms with Crippen molar-refractivity contribution in [2.45, 2.75) is 26.2 Å². The quantitative estimate of drug-likeness (QED) is 0.746. The van der Waals surface area contributed by atoms with Gasteiger partial charge < -0.3 is 4.57 Å². The monoisotopic (exact) mass is 236 g/mol. The number of aryl methyl sites for hydroxylation is 2. The molecule has 2 nitrogen and oxygen atoms in total. The summed E-state index contributed by atoms with van der Waals surface area (Å²) >= 11 is 0. The average molecular weight is 236 g/mol. The number of hydrogen-bond donors (Lipinski definition) is 0. The molecule has 2 heteroatoms. The van der Waals surface area contributed by atoms with E-state index in [4.69, 9.17) is 5.26 Å². The molecule has 1 aromatic heterocycles. The van der Waals surface area contributed by atoms with E-state index >= 15 is 0 Å². The van der Waals surface area contributed by atoms with E-state index in [-0.39, 0.29) is 0 Å². The Morgan fingerprint density at radius 2 is 1.94 bits per heavy atom. The van der Waals surface area contributed by atoms with Crippen molar-refractivity contribution in [2.24, 2.45) is 7.05 Å². The van der Waals surface area contributed by atoms with Crippen LogP contribution < -0.4 is 0 Å². The lowest BCUT2D eigenvalue weighted by Crippen LogP contribution is -1.95. The van der Waals surface area contributed by atoms with Crippen molar-refractivity contribution in [1.29, 1.82) is 5.26 Å². The maximum Gasteiger partial charge on any atom is 0.101 e. The van der Waals surface area contributed by atoms with Crippen molar-refractivity contribution in [2.75, 3.05) is 0 Å². The van der Waals surface area contributed by atoms with Gasteiger partial charge in [0.1, 0.15) is 6.07 Å². The Morgan fingerprint density at radius 3 is 2.67 bits per heavy atom. The van der Waals surface area contributed by atoms with Crippen molar-refractivity contribution in [3.8, 4) is 17.3 Å². The summed E-state index contributed by atoms with van der Waals surface area (Å²) in [6.07, 6.45) is 3.68. The first-order valence-electron chi connectivity index (χ1n) is 6.39. The molecule has 0 bridgehead atoms. The van der Waals surface area contributed by atoms with Crippen LogP contribution in [0.1, 0.15) is 28.8 Å². The van der Waals surface area contributed by atoms with Crippen LogP contribution >= 0.6 is 0 Å². The third-order valence-corrected chi connectivity index (χ3v) is 4.05. The summed E-state index contributed by atoms with van der Waals surface area (Å²) in [5, 5.41) is 9.09. The van der Waals surface area contributed by atoms with Gasteiger partial charge in [-0.25, -0.2) is 0 Å². The number of benzene rings is 1. The van der Waals surface area contributed by atoms with Gasteiger partial charge in [-0.1, -0.05) is 12.1 Å². The Hall–Kier alpha value is -2.01.